The first-order valence-electron chi connectivity index (χ1n) is 4.33. The van der Waals surface area contributed by atoms with Crippen molar-refractivity contribution in [2.45, 2.75) is 19.9 Å². The van der Waals surface area contributed by atoms with Gasteiger partial charge in [0.2, 0.25) is 5.91 Å². The predicted octanol–water partition coefficient (Wildman–Crippen LogP) is 2.04. The van der Waals surface area contributed by atoms with E-state index in [1.54, 1.807) is 6.92 Å². The summed E-state index contributed by atoms with van der Waals surface area (Å²) in [6.45, 7) is 3.59. The van der Waals surface area contributed by atoms with Gasteiger partial charge >= 0.3 is 0 Å². The van der Waals surface area contributed by atoms with Crippen molar-refractivity contribution in [3.05, 3.63) is 28.2 Å². The van der Waals surface area contributed by atoms with Crippen molar-refractivity contribution in [3.63, 3.8) is 0 Å². The fraction of sp³-hybridized carbons (Fsp3) is 0.300. The predicted molar refractivity (Wildman–Crippen MR) is 61.2 cm³/mol. The van der Waals surface area contributed by atoms with E-state index in [1.165, 1.54) is 0 Å². The molecule has 0 fully saturated rings. The number of hydrogen-bond donors (Lipinski definition) is 2. The van der Waals surface area contributed by atoms with Gasteiger partial charge in [-0.2, -0.15) is 0 Å². The molecule has 0 aromatic heterocycles. The minimum absolute atomic E-state index is 0.175. The number of rotatable bonds is 2. The van der Waals surface area contributed by atoms with Gasteiger partial charge in [0.05, 0.1) is 6.04 Å². The van der Waals surface area contributed by atoms with Crippen LogP contribution in [0, 0.1) is 6.92 Å². The molecule has 1 unspecified atom stereocenters. The molecule has 1 aromatic rings. The highest BCUT2D eigenvalue weighted by molar-refractivity contribution is 9.10. The Hall–Kier alpha value is -0.870. The minimum atomic E-state index is -0.492. The van der Waals surface area contributed by atoms with Crippen LogP contribution in [0.5, 0.6) is 0 Å². The average Bonchev–Trinajstić information content (AvgIpc) is 2.11. The number of nitrogens with one attached hydrogen (secondary N) is 1. The lowest BCUT2D eigenvalue weighted by molar-refractivity contribution is -0.117. The van der Waals surface area contributed by atoms with Gasteiger partial charge in [0.15, 0.2) is 0 Å². The van der Waals surface area contributed by atoms with E-state index in [-0.39, 0.29) is 5.91 Å². The molecule has 76 valence electrons. The number of benzene rings is 1. The number of amides is 1. The minimum Gasteiger partial charge on any atom is -0.324 e. The lowest BCUT2D eigenvalue weighted by Gasteiger charge is -2.10. The van der Waals surface area contributed by atoms with Crippen molar-refractivity contribution in [2.24, 2.45) is 5.73 Å². The second kappa shape index (κ2) is 4.57. The summed E-state index contributed by atoms with van der Waals surface area (Å²) in [5.74, 6) is -0.175. The quantitative estimate of drug-likeness (QED) is 0.851. The van der Waals surface area contributed by atoms with Crippen molar-refractivity contribution < 1.29 is 4.79 Å². The third kappa shape index (κ3) is 2.82. The summed E-state index contributed by atoms with van der Waals surface area (Å²) < 4.78 is 0.933. The number of carbonyl (C=O) groups excluding carboxylic acids is 1. The summed E-state index contributed by atoms with van der Waals surface area (Å²) in [7, 11) is 0. The van der Waals surface area contributed by atoms with Gasteiger partial charge < -0.3 is 11.1 Å². The third-order valence-corrected chi connectivity index (χ3v) is 2.36. The van der Waals surface area contributed by atoms with E-state index in [4.69, 9.17) is 5.73 Å². The summed E-state index contributed by atoms with van der Waals surface area (Å²) in [6.07, 6.45) is 0. The van der Waals surface area contributed by atoms with E-state index < -0.39 is 6.04 Å². The third-order valence-electron chi connectivity index (χ3n) is 1.87. The zero-order valence-electron chi connectivity index (χ0n) is 8.17. The van der Waals surface area contributed by atoms with Gasteiger partial charge in [-0.3, -0.25) is 4.79 Å². The Morgan fingerprint density at radius 2 is 2.21 bits per heavy atom. The highest BCUT2D eigenvalue weighted by Gasteiger charge is 2.08. The molecule has 0 bridgehead atoms. The molecule has 3 N–H and O–H groups in total. The van der Waals surface area contributed by atoms with Gasteiger partial charge in [0, 0.05) is 10.2 Å². The average molecular weight is 257 g/mol. The standard InChI is InChI=1S/C10H13BrN2O/c1-6-3-4-8(11)5-9(6)13-10(14)7(2)12/h3-5,7H,12H2,1-2H3,(H,13,14). The monoisotopic (exact) mass is 256 g/mol. The Morgan fingerprint density at radius 3 is 2.79 bits per heavy atom. The highest BCUT2D eigenvalue weighted by atomic mass is 79.9. The Kier molecular flexibility index (Phi) is 3.66. The zero-order chi connectivity index (χ0) is 10.7. The van der Waals surface area contributed by atoms with Crippen molar-refractivity contribution in [1.82, 2.24) is 0 Å². The molecule has 0 aliphatic carbocycles. The van der Waals surface area contributed by atoms with Gasteiger partial charge in [-0.15, -0.1) is 0 Å². The van der Waals surface area contributed by atoms with E-state index in [9.17, 15) is 4.79 Å². The van der Waals surface area contributed by atoms with Crippen molar-refractivity contribution >= 4 is 27.5 Å². The normalized spacial score (nSPS) is 12.3. The molecule has 1 rings (SSSR count). The first-order valence-corrected chi connectivity index (χ1v) is 5.12. The molecule has 0 saturated heterocycles. The first-order chi connectivity index (χ1) is 6.50. The molecule has 1 amide bonds. The molecule has 14 heavy (non-hydrogen) atoms. The Morgan fingerprint density at radius 1 is 1.57 bits per heavy atom. The molecule has 1 atom stereocenters. The van der Waals surface area contributed by atoms with Crippen LogP contribution in [-0.4, -0.2) is 11.9 Å². The largest absolute Gasteiger partial charge is 0.324 e. The molecule has 0 aliphatic heterocycles. The molecule has 4 heteroatoms. The van der Waals surface area contributed by atoms with Crippen molar-refractivity contribution in [1.29, 1.82) is 0 Å². The van der Waals surface area contributed by atoms with Crippen LogP contribution < -0.4 is 11.1 Å². The van der Waals surface area contributed by atoms with Crippen LogP contribution in [0.2, 0.25) is 0 Å². The second-order valence-corrected chi connectivity index (χ2v) is 4.15. The maximum atomic E-state index is 11.3. The Balaban J connectivity index is 2.86. The fourth-order valence-electron chi connectivity index (χ4n) is 0.975. The van der Waals surface area contributed by atoms with Gasteiger partial charge in [0.25, 0.3) is 0 Å². The molecular weight excluding hydrogens is 244 g/mol. The second-order valence-electron chi connectivity index (χ2n) is 3.24. The van der Waals surface area contributed by atoms with Gasteiger partial charge in [0.1, 0.15) is 0 Å². The van der Waals surface area contributed by atoms with Crippen LogP contribution in [-0.2, 0) is 4.79 Å². The summed E-state index contributed by atoms with van der Waals surface area (Å²) in [6, 6.07) is 5.22. The van der Waals surface area contributed by atoms with Crippen molar-refractivity contribution in [3.8, 4) is 0 Å². The van der Waals surface area contributed by atoms with Crippen LogP contribution in [0.4, 0.5) is 5.69 Å². The lowest BCUT2D eigenvalue weighted by atomic mass is 10.2. The van der Waals surface area contributed by atoms with Gasteiger partial charge in [-0.05, 0) is 31.5 Å². The van der Waals surface area contributed by atoms with Gasteiger partial charge in [-0.25, -0.2) is 0 Å². The van der Waals surface area contributed by atoms with E-state index in [0.717, 1.165) is 15.7 Å². The summed E-state index contributed by atoms with van der Waals surface area (Å²) >= 11 is 3.34. The van der Waals surface area contributed by atoms with Crippen molar-refractivity contribution in [2.75, 3.05) is 5.32 Å². The highest BCUT2D eigenvalue weighted by Crippen LogP contribution is 2.20. The Labute approximate surface area is 91.8 Å². The number of anilines is 1. The van der Waals surface area contributed by atoms with Crippen LogP contribution in [0.1, 0.15) is 12.5 Å². The van der Waals surface area contributed by atoms with Crippen LogP contribution in [0.15, 0.2) is 22.7 Å². The molecule has 3 nitrogen and oxygen atoms in total. The Bertz CT molecular complexity index is 350. The van der Waals surface area contributed by atoms with E-state index in [1.807, 2.05) is 25.1 Å². The SMILES string of the molecule is Cc1ccc(Br)cc1NC(=O)C(C)N. The lowest BCUT2D eigenvalue weighted by Crippen LogP contribution is -2.32. The zero-order valence-corrected chi connectivity index (χ0v) is 9.76. The molecule has 0 saturated carbocycles. The smallest absolute Gasteiger partial charge is 0.241 e. The maximum absolute atomic E-state index is 11.3. The first kappa shape index (κ1) is 11.2. The molecule has 1 aromatic carbocycles. The topological polar surface area (TPSA) is 55.1 Å². The summed E-state index contributed by atoms with van der Waals surface area (Å²) in [5, 5.41) is 2.76. The molecule has 0 aliphatic rings. The molecule has 0 heterocycles. The number of carbonyl (C=O) groups is 1. The number of hydrogen-bond acceptors (Lipinski definition) is 2. The van der Waals surface area contributed by atoms with Crippen LogP contribution in [0.25, 0.3) is 0 Å². The molecule has 0 spiro atoms. The summed E-state index contributed by atoms with van der Waals surface area (Å²) in [4.78, 5) is 11.3. The van der Waals surface area contributed by atoms with Crippen LogP contribution >= 0.6 is 15.9 Å². The number of aryl methyl sites for hydroxylation is 1. The van der Waals surface area contributed by atoms with Gasteiger partial charge in [-0.1, -0.05) is 22.0 Å². The van der Waals surface area contributed by atoms with E-state index in [2.05, 4.69) is 21.2 Å². The molecule has 0 radical (unpaired) electrons. The van der Waals surface area contributed by atoms with E-state index >= 15 is 0 Å². The number of nitrogens with two attached hydrogens (primary N) is 1. The number of halogens is 1. The maximum Gasteiger partial charge on any atom is 0.241 e. The van der Waals surface area contributed by atoms with Crippen LogP contribution in [0.3, 0.4) is 0 Å². The van der Waals surface area contributed by atoms with E-state index in [0.29, 0.717) is 0 Å². The molecular formula is C10H13BrN2O. The fourth-order valence-corrected chi connectivity index (χ4v) is 1.34. The summed E-state index contributed by atoms with van der Waals surface area (Å²) in [5.41, 5.74) is 7.26.